The minimum absolute atomic E-state index is 0. The average Bonchev–Trinajstić information content (AvgIpc) is 3.08. The Morgan fingerprint density at radius 1 is 0.667 bits per heavy atom. The van der Waals surface area contributed by atoms with Crippen LogP contribution in [0.2, 0.25) is 6.55 Å². The van der Waals surface area contributed by atoms with Crippen molar-refractivity contribution >= 4 is 61.2 Å². The van der Waals surface area contributed by atoms with Crippen LogP contribution in [0.3, 0.4) is 0 Å². The van der Waals surface area contributed by atoms with Crippen molar-refractivity contribution in [1.82, 2.24) is 0 Å². The van der Waals surface area contributed by atoms with Gasteiger partial charge < -0.3 is 0 Å². The van der Waals surface area contributed by atoms with Crippen LogP contribution in [0, 0.1) is 27.7 Å². The molecular formula is C28H32Cl3SiTi. The fourth-order valence-corrected chi connectivity index (χ4v) is 11.0. The van der Waals surface area contributed by atoms with Crippen molar-refractivity contribution < 1.29 is 20.4 Å². The van der Waals surface area contributed by atoms with E-state index in [-0.39, 0.29) is 37.2 Å². The van der Waals surface area contributed by atoms with Crippen LogP contribution in [-0.4, -0.2) is 8.07 Å². The van der Waals surface area contributed by atoms with E-state index in [1.807, 2.05) is 0 Å². The van der Waals surface area contributed by atoms with Gasteiger partial charge in [-0.25, -0.2) is 0 Å². The fraction of sp³-hybridized carbons (Fsp3) is 0.214. The first-order chi connectivity index (χ1) is 14.3. The molecule has 0 saturated carbocycles. The van der Waals surface area contributed by atoms with Crippen LogP contribution in [0.1, 0.15) is 34.2 Å². The number of rotatable bonds is 4. The van der Waals surface area contributed by atoms with E-state index >= 15 is 0 Å². The summed E-state index contributed by atoms with van der Waals surface area (Å²) in [5.41, 5.74) is 8.21. The predicted molar refractivity (Wildman–Crippen MR) is 151 cm³/mol. The van der Waals surface area contributed by atoms with Crippen molar-refractivity contribution in [2.75, 3.05) is 0 Å². The maximum Gasteiger partial charge on any atom is -0.147 e. The van der Waals surface area contributed by atoms with E-state index in [4.69, 9.17) is 0 Å². The Morgan fingerprint density at radius 2 is 1.09 bits per heavy atom. The van der Waals surface area contributed by atoms with E-state index in [2.05, 4.69) is 127 Å². The standard InChI is InChI=1S/C28H29Si.3ClH.Ti/c1-20-14-21(2)17-25(16-20)29(5,26-18-22(3)15-23(4)19-26)28-13-9-12-27(28)24-10-7-6-8-11-24;;;;/h6-8,10-12,14-19H,9H2,1-5H3;3*1H;. The van der Waals surface area contributed by atoms with Gasteiger partial charge in [0, 0.05) is 0 Å². The summed E-state index contributed by atoms with van der Waals surface area (Å²) in [5.74, 6) is 0. The van der Waals surface area contributed by atoms with Crippen LogP contribution in [0.5, 0.6) is 0 Å². The van der Waals surface area contributed by atoms with Gasteiger partial charge >= 0.3 is 195 Å². The first-order valence-electron chi connectivity index (χ1n) is 10.7. The quantitative estimate of drug-likeness (QED) is 0.301. The second-order valence-corrected chi connectivity index (χ2v) is 13.8. The maximum absolute atomic E-state index is 2.57. The van der Waals surface area contributed by atoms with Crippen molar-refractivity contribution in [1.29, 1.82) is 0 Å². The average molecular weight is 551 g/mol. The van der Waals surface area contributed by atoms with Crippen LogP contribution in [0.15, 0.2) is 81.9 Å². The van der Waals surface area contributed by atoms with Gasteiger partial charge in [0.1, 0.15) is 0 Å². The third kappa shape index (κ3) is 5.96. The van der Waals surface area contributed by atoms with Crippen LogP contribution >= 0.6 is 37.2 Å². The Hall–Kier alpha value is -1.06. The first-order valence-corrected chi connectivity index (χ1v) is 14.0. The Labute approximate surface area is 230 Å². The van der Waals surface area contributed by atoms with Gasteiger partial charge in [0.05, 0.1) is 0 Å². The zero-order valence-electron chi connectivity index (χ0n) is 19.9. The molecule has 0 fully saturated rings. The van der Waals surface area contributed by atoms with Crippen LogP contribution in [0.25, 0.3) is 5.57 Å². The van der Waals surface area contributed by atoms with Crippen molar-refractivity contribution in [3.63, 3.8) is 0 Å². The molecule has 0 unspecified atom stereocenters. The third-order valence-corrected chi connectivity index (χ3v) is 11.8. The molecule has 0 radical (unpaired) electrons. The van der Waals surface area contributed by atoms with E-state index < -0.39 is 8.07 Å². The molecule has 0 nitrogen and oxygen atoms in total. The molecule has 0 saturated heterocycles. The zero-order valence-corrected chi connectivity index (χ0v) is 24.9. The van der Waals surface area contributed by atoms with E-state index in [1.165, 1.54) is 47.6 Å². The molecule has 1 aliphatic carbocycles. The van der Waals surface area contributed by atoms with E-state index in [1.54, 1.807) is 5.20 Å². The van der Waals surface area contributed by atoms with Crippen LogP contribution in [-0.2, 0) is 20.4 Å². The molecular weight excluding hydrogens is 519 g/mol. The van der Waals surface area contributed by atoms with Gasteiger partial charge in [-0.2, -0.15) is 0 Å². The summed E-state index contributed by atoms with van der Waals surface area (Å²) < 4.78 is 1.53. The molecule has 5 heteroatoms. The molecule has 173 valence electrons. The van der Waals surface area contributed by atoms with Crippen molar-refractivity contribution in [2.45, 2.75) is 40.7 Å². The molecule has 3 aromatic rings. The molecule has 3 aromatic carbocycles. The summed E-state index contributed by atoms with van der Waals surface area (Å²) in [4.78, 5) is 0. The van der Waals surface area contributed by atoms with Gasteiger partial charge in [0.15, 0.2) is 0 Å². The molecule has 33 heavy (non-hydrogen) atoms. The Bertz CT molecular complexity index is 1090. The molecule has 0 amide bonds. The van der Waals surface area contributed by atoms with Gasteiger partial charge in [-0.1, -0.05) is 0 Å². The summed E-state index contributed by atoms with van der Waals surface area (Å²) in [5, 5.41) is 4.63. The normalized spacial score (nSPS) is 12.9. The molecule has 0 N–H and O–H groups in total. The minimum Gasteiger partial charge on any atom is -0.147 e. The summed E-state index contributed by atoms with van der Waals surface area (Å²) in [6, 6.07) is 25.3. The largest absolute Gasteiger partial charge is 0.147 e. The Kier molecular flexibility index (Phi) is 11.0. The number of aryl methyl sites for hydroxylation is 4. The molecule has 0 bridgehead atoms. The molecule has 1 aliphatic rings. The molecule has 0 spiro atoms. The number of halogens is 3. The van der Waals surface area contributed by atoms with E-state index in [0.29, 0.717) is 0 Å². The smallest absolute Gasteiger partial charge is 0.147 e. The number of hydrogen-bond acceptors (Lipinski definition) is 0. The summed E-state index contributed by atoms with van der Waals surface area (Å²) in [7, 11) is -2.19. The Morgan fingerprint density at radius 3 is 1.52 bits per heavy atom. The molecule has 4 rings (SSSR count). The van der Waals surface area contributed by atoms with Gasteiger partial charge in [-0.3, -0.25) is 0 Å². The maximum atomic E-state index is 2.57. The monoisotopic (exact) mass is 549 g/mol. The van der Waals surface area contributed by atoms with Gasteiger partial charge in [-0.05, 0) is 0 Å². The zero-order chi connectivity index (χ0) is 21.5. The molecule has 0 heterocycles. The Balaban J connectivity index is 0.00000181. The van der Waals surface area contributed by atoms with Gasteiger partial charge in [-0.15, -0.1) is 37.2 Å². The molecule has 0 aromatic heterocycles. The predicted octanol–water partition coefficient (Wildman–Crippen LogP) is 7.21. The second-order valence-electron chi connectivity index (χ2n) is 8.92. The van der Waals surface area contributed by atoms with Crippen molar-refractivity contribution in [3.05, 3.63) is 110 Å². The van der Waals surface area contributed by atoms with E-state index in [9.17, 15) is 0 Å². The number of allylic oxidation sites excluding steroid dienone is 4. The fourth-order valence-electron chi connectivity index (χ4n) is 5.00. The van der Waals surface area contributed by atoms with Gasteiger partial charge in [0.25, 0.3) is 0 Å². The second kappa shape index (κ2) is 12.1. The number of benzene rings is 3. The molecule has 0 aliphatic heterocycles. The molecule has 0 atom stereocenters. The summed E-state index contributed by atoms with van der Waals surface area (Å²) >= 11 is 2.35. The summed E-state index contributed by atoms with van der Waals surface area (Å²) in [6.45, 7) is 11.5. The van der Waals surface area contributed by atoms with E-state index in [0.717, 1.165) is 6.42 Å². The topological polar surface area (TPSA) is 0 Å². The van der Waals surface area contributed by atoms with Gasteiger partial charge in [0.2, 0.25) is 0 Å². The SMILES string of the molecule is Cc1cc(C)cc([Si](C)(C2=[C]([Ti])CC=C2c2ccccc2)c2cc(C)cc(C)c2)c1.Cl.Cl.Cl. The first kappa shape index (κ1) is 30.0. The van der Waals surface area contributed by atoms with Crippen LogP contribution < -0.4 is 10.4 Å². The van der Waals surface area contributed by atoms with Crippen molar-refractivity contribution in [3.8, 4) is 0 Å². The summed E-state index contributed by atoms with van der Waals surface area (Å²) in [6.07, 6.45) is 3.51. The third-order valence-electron chi connectivity index (χ3n) is 6.26. The van der Waals surface area contributed by atoms with Crippen LogP contribution in [0.4, 0.5) is 0 Å². The van der Waals surface area contributed by atoms with Crippen molar-refractivity contribution in [2.24, 2.45) is 0 Å². The number of hydrogen-bond donors (Lipinski definition) is 0. The minimum atomic E-state index is -2.19.